The third-order valence-electron chi connectivity index (χ3n) is 3.22. The van der Waals surface area contributed by atoms with Crippen LogP contribution in [-0.2, 0) is 9.53 Å². The minimum atomic E-state index is -0.255. The van der Waals surface area contributed by atoms with Crippen molar-refractivity contribution in [2.45, 2.75) is 0 Å². The van der Waals surface area contributed by atoms with Crippen molar-refractivity contribution in [1.82, 2.24) is 10.2 Å². The number of aliphatic imine (C=N–C) groups is 1. The zero-order valence-corrected chi connectivity index (χ0v) is 10.9. The monoisotopic (exact) mass is 273 g/mol. The van der Waals surface area contributed by atoms with Crippen LogP contribution in [0.1, 0.15) is 5.56 Å². The molecule has 1 amide bonds. The molecule has 1 aromatic carbocycles. The van der Waals surface area contributed by atoms with Gasteiger partial charge in [0, 0.05) is 18.7 Å². The molecule has 0 unspecified atom stereocenters. The summed E-state index contributed by atoms with van der Waals surface area (Å²) in [7, 11) is 0. The van der Waals surface area contributed by atoms with Crippen LogP contribution in [0, 0.1) is 0 Å². The number of morpholine rings is 1. The molecule has 6 nitrogen and oxygen atoms in total. The van der Waals surface area contributed by atoms with Crippen LogP contribution >= 0.6 is 0 Å². The second kappa shape index (κ2) is 5.34. The van der Waals surface area contributed by atoms with Crippen LogP contribution in [0.2, 0.25) is 0 Å². The van der Waals surface area contributed by atoms with Crippen molar-refractivity contribution in [3.8, 4) is 5.75 Å². The molecule has 0 aromatic heterocycles. The Morgan fingerprint density at radius 1 is 1.30 bits per heavy atom. The first-order valence-electron chi connectivity index (χ1n) is 6.46. The maximum absolute atomic E-state index is 11.9. The van der Waals surface area contributed by atoms with Crippen LogP contribution in [-0.4, -0.2) is 48.2 Å². The number of guanidine groups is 1. The Balaban J connectivity index is 1.85. The fourth-order valence-electron chi connectivity index (χ4n) is 2.14. The standard InChI is InChI=1S/C14H15N3O3/c18-12-4-2-1-3-10(12)9-11-13(19)16-14(15-11)17-5-7-20-8-6-17/h1-4,9,18H,5-8H2,(H,15,16,19)/b11-9-. The Morgan fingerprint density at radius 3 is 2.80 bits per heavy atom. The number of benzene rings is 1. The van der Waals surface area contributed by atoms with Crippen molar-refractivity contribution in [2.75, 3.05) is 26.3 Å². The van der Waals surface area contributed by atoms with Crippen LogP contribution in [0.25, 0.3) is 6.08 Å². The van der Waals surface area contributed by atoms with E-state index in [1.165, 1.54) is 0 Å². The topological polar surface area (TPSA) is 74.2 Å². The molecule has 104 valence electrons. The molecular formula is C14H15N3O3. The fourth-order valence-corrected chi connectivity index (χ4v) is 2.14. The second-order valence-corrected chi connectivity index (χ2v) is 4.58. The summed E-state index contributed by atoms with van der Waals surface area (Å²) < 4.78 is 5.27. The number of hydrogen-bond donors (Lipinski definition) is 2. The molecule has 1 aromatic rings. The summed E-state index contributed by atoms with van der Waals surface area (Å²) in [4.78, 5) is 18.2. The number of phenolic OH excluding ortho intramolecular Hbond substituents is 1. The molecule has 2 N–H and O–H groups in total. The lowest BCUT2D eigenvalue weighted by atomic mass is 10.1. The maximum atomic E-state index is 11.9. The number of nitrogens with zero attached hydrogens (tertiary/aromatic N) is 2. The Bertz CT molecular complexity index is 589. The minimum Gasteiger partial charge on any atom is -0.507 e. The number of carbonyl (C=O) groups is 1. The van der Waals surface area contributed by atoms with Crippen molar-refractivity contribution in [3.05, 3.63) is 35.5 Å². The number of ether oxygens (including phenoxy) is 1. The number of nitrogens with one attached hydrogen (secondary N) is 1. The Kier molecular flexibility index (Phi) is 3.39. The number of phenols is 1. The highest BCUT2D eigenvalue weighted by Gasteiger charge is 2.25. The molecule has 0 saturated carbocycles. The van der Waals surface area contributed by atoms with Crippen molar-refractivity contribution in [1.29, 1.82) is 0 Å². The Hall–Kier alpha value is -2.34. The lowest BCUT2D eigenvalue weighted by molar-refractivity contribution is -0.115. The Labute approximate surface area is 116 Å². The second-order valence-electron chi connectivity index (χ2n) is 4.58. The molecule has 2 aliphatic heterocycles. The molecule has 0 bridgehead atoms. The van der Waals surface area contributed by atoms with Gasteiger partial charge in [0.05, 0.1) is 13.2 Å². The molecule has 2 heterocycles. The third-order valence-corrected chi connectivity index (χ3v) is 3.22. The minimum absolute atomic E-state index is 0.128. The van der Waals surface area contributed by atoms with E-state index in [-0.39, 0.29) is 11.7 Å². The van der Waals surface area contributed by atoms with Gasteiger partial charge >= 0.3 is 0 Å². The number of para-hydroxylation sites is 1. The quantitative estimate of drug-likeness (QED) is 0.733. The van der Waals surface area contributed by atoms with E-state index in [9.17, 15) is 9.90 Å². The van der Waals surface area contributed by atoms with E-state index in [0.29, 0.717) is 43.5 Å². The van der Waals surface area contributed by atoms with Gasteiger partial charge in [-0.15, -0.1) is 0 Å². The molecular weight excluding hydrogens is 258 g/mol. The summed E-state index contributed by atoms with van der Waals surface area (Å²) >= 11 is 0. The first-order chi connectivity index (χ1) is 9.74. The van der Waals surface area contributed by atoms with Crippen molar-refractivity contribution >= 4 is 17.9 Å². The molecule has 20 heavy (non-hydrogen) atoms. The van der Waals surface area contributed by atoms with E-state index in [0.717, 1.165) is 0 Å². The highest BCUT2D eigenvalue weighted by atomic mass is 16.5. The van der Waals surface area contributed by atoms with Gasteiger partial charge in [-0.25, -0.2) is 4.99 Å². The van der Waals surface area contributed by atoms with Crippen LogP contribution in [0.3, 0.4) is 0 Å². The van der Waals surface area contributed by atoms with Gasteiger partial charge in [-0.2, -0.15) is 0 Å². The summed E-state index contributed by atoms with van der Waals surface area (Å²) in [6.07, 6.45) is 1.58. The summed E-state index contributed by atoms with van der Waals surface area (Å²) in [6.45, 7) is 2.69. The molecule has 0 aliphatic carbocycles. The maximum Gasteiger partial charge on any atom is 0.276 e. The van der Waals surface area contributed by atoms with E-state index in [4.69, 9.17) is 4.74 Å². The largest absolute Gasteiger partial charge is 0.507 e. The molecule has 1 fully saturated rings. The lowest BCUT2D eigenvalue weighted by Gasteiger charge is -2.27. The molecule has 0 radical (unpaired) electrons. The predicted molar refractivity (Wildman–Crippen MR) is 74.1 cm³/mol. The highest BCUT2D eigenvalue weighted by molar-refractivity contribution is 6.13. The predicted octanol–water partition coefficient (Wildman–Crippen LogP) is 0.551. The Morgan fingerprint density at radius 2 is 2.05 bits per heavy atom. The number of aromatic hydroxyl groups is 1. The van der Waals surface area contributed by atoms with E-state index >= 15 is 0 Å². The van der Waals surface area contributed by atoms with Crippen LogP contribution in [0.15, 0.2) is 35.0 Å². The smallest absolute Gasteiger partial charge is 0.276 e. The van der Waals surface area contributed by atoms with E-state index in [2.05, 4.69) is 10.3 Å². The lowest BCUT2D eigenvalue weighted by Crippen LogP contribution is -2.46. The highest BCUT2D eigenvalue weighted by Crippen LogP contribution is 2.21. The zero-order chi connectivity index (χ0) is 13.9. The molecule has 0 atom stereocenters. The number of amides is 1. The van der Waals surface area contributed by atoms with Crippen LogP contribution in [0.4, 0.5) is 0 Å². The van der Waals surface area contributed by atoms with Gasteiger partial charge in [0.2, 0.25) is 5.96 Å². The first-order valence-corrected chi connectivity index (χ1v) is 6.46. The average molecular weight is 273 g/mol. The summed E-state index contributed by atoms with van der Waals surface area (Å²) in [6, 6.07) is 6.84. The summed E-state index contributed by atoms with van der Waals surface area (Å²) in [5.74, 6) is 0.428. The van der Waals surface area contributed by atoms with Crippen LogP contribution in [0.5, 0.6) is 5.75 Å². The molecule has 6 heteroatoms. The molecule has 1 saturated heterocycles. The van der Waals surface area contributed by atoms with Crippen molar-refractivity contribution in [2.24, 2.45) is 4.99 Å². The summed E-state index contributed by atoms with van der Waals surface area (Å²) in [5, 5.41) is 12.5. The van der Waals surface area contributed by atoms with Gasteiger partial charge in [0.25, 0.3) is 5.91 Å². The first kappa shape index (κ1) is 12.7. The molecule has 3 rings (SSSR count). The van der Waals surface area contributed by atoms with Gasteiger partial charge in [-0.3, -0.25) is 10.1 Å². The van der Waals surface area contributed by atoms with Gasteiger partial charge < -0.3 is 14.7 Å². The van der Waals surface area contributed by atoms with Gasteiger partial charge in [0.15, 0.2) is 0 Å². The summed E-state index contributed by atoms with van der Waals surface area (Å²) in [5.41, 5.74) is 0.873. The van der Waals surface area contributed by atoms with Gasteiger partial charge in [0.1, 0.15) is 11.4 Å². The zero-order valence-electron chi connectivity index (χ0n) is 10.9. The van der Waals surface area contributed by atoms with Crippen LogP contribution < -0.4 is 5.32 Å². The third kappa shape index (κ3) is 2.50. The van der Waals surface area contributed by atoms with E-state index < -0.39 is 0 Å². The molecule has 0 spiro atoms. The normalized spacial score (nSPS) is 21.0. The number of carbonyl (C=O) groups excluding carboxylic acids is 1. The average Bonchev–Trinajstić information content (AvgIpc) is 2.84. The van der Waals surface area contributed by atoms with Crippen molar-refractivity contribution in [3.63, 3.8) is 0 Å². The molecule has 2 aliphatic rings. The number of hydrogen-bond acceptors (Lipinski definition) is 5. The van der Waals surface area contributed by atoms with Gasteiger partial charge in [-0.05, 0) is 12.1 Å². The van der Waals surface area contributed by atoms with E-state index in [1.807, 2.05) is 4.90 Å². The SMILES string of the molecule is O=C1NC(N2CCOCC2)=N/C1=C\c1ccccc1O. The van der Waals surface area contributed by atoms with Gasteiger partial charge in [-0.1, -0.05) is 18.2 Å². The fraction of sp³-hybridized carbons (Fsp3) is 0.286. The number of rotatable bonds is 1. The van der Waals surface area contributed by atoms with E-state index in [1.54, 1.807) is 30.3 Å². The van der Waals surface area contributed by atoms with Crippen molar-refractivity contribution < 1.29 is 14.6 Å².